The zero-order chi connectivity index (χ0) is 21.3. The summed E-state index contributed by atoms with van der Waals surface area (Å²) in [5.74, 6) is -0.736. The lowest BCUT2D eigenvalue weighted by molar-refractivity contribution is -0.148. The molecule has 0 aromatic heterocycles. The van der Waals surface area contributed by atoms with Gasteiger partial charge in [-0.15, -0.1) is 4.40 Å². The lowest BCUT2D eigenvalue weighted by atomic mass is 10.1. The molecule has 2 aliphatic heterocycles. The number of ether oxygens (including phenoxy) is 1. The molecule has 0 bridgehead atoms. The number of benzene rings is 2. The Morgan fingerprint density at radius 3 is 2.63 bits per heavy atom. The summed E-state index contributed by atoms with van der Waals surface area (Å²) in [7, 11) is -2.00. The van der Waals surface area contributed by atoms with E-state index in [1.807, 2.05) is 30.3 Å². The second kappa shape index (κ2) is 7.91. The van der Waals surface area contributed by atoms with Crippen LogP contribution < -0.4 is 4.90 Å². The van der Waals surface area contributed by atoms with Gasteiger partial charge < -0.3 is 14.5 Å². The molecule has 0 N–H and O–H groups in total. The monoisotopic (exact) mass is 427 g/mol. The maximum atomic E-state index is 12.4. The number of anilines is 1. The van der Waals surface area contributed by atoms with Crippen molar-refractivity contribution in [3.63, 3.8) is 0 Å². The first-order chi connectivity index (χ1) is 14.4. The number of likely N-dealkylation sites (N-methyl/N-ethyl adjacent to an activating group) is 1. The predicted molar refractivity (Wildman–Crippen MR) is 111 cm³/mol. The van der Waals surface area contributed by atoms with Crippen LogP contribution in [0.1, 0.15) is 12.0 Å². The van der Waals surface area contributed by atoms with Gasteiger partial charge in [0.1, 0.15) is 11.5 Å². The standard InChI is InChI=1S/C21H21N3O5S/c1-23(20-17-9-5-6-10-18(17)30(27,28)22-20)11-12-29-21(26)15-13-19(25)24(14-15)16-7-3-2-4-8-16/h2-10,15H,11-14H2,1H3/t15-/m1/s1. The van der Waals surface area contributed by atoms with Crippen LogP contribution in [-0.4, -0.2) is 57.8 Å². The molecule has 0 spiro atoms. The van der Waals surface area contributed by atoms with Crippen LogP contribution in [0, 0.1) is 5.92 Å². The lowest BCUT2D eigenvalue weighted by Gasteiger charge is -2.19. The zero-order valence-electron chi connectivity index (χ0n) is 16.4. The molecule has 8 nitrogen and oxygen atoms in total. The van der Waals surface area contributed by atoms with Gasteiger partial charge in [0.2, 0.25) is 5.91 Å². The van der Waals surface area contributed by atoms with Crippen LogP contribution in [0.15, 0.2) is 63.9 Å². The topological polar surface area (TPSA) is 96.3 Å². The van der Waals surface area contributed by atoms with Gasteiger partial charge in [0.25, 0.3) is 10.0 Å². The highest BCUT2D eigenvalue weighted by molar-refractivity contribution is 7.90. The van der Waals surface area contributed by atoms with Gasteiger partial charge in [-0.2, -0.15) is 8.42 Å². The zero-order valence-corrected chi connectivity index (χ0v) is 17.2. The Hall–Kier alpha value is -3.20. The molecular weight excluding hydrogens is 406 g/mol. The van der Waals surface area contributed by atoms with Gasteiger partial charge in [-0.25, -0.2) is 0 Å². The second-order valence-electron chi connectivity index (χ2n) is 7.22. The smallest absolute Gasteiger partial charge is 0.311 e. The van der Waals surface area contributed by atoms with Crippen molar-refractivity contribution >= 4 is 33.4 Å². The quantitative estimate of drug-likeness (QED) is 0.674. The van der Waals surface area contributed by atoms with Crippen LogP contribution in [0.5, 0.6) is 0 Å². The summed E-state index contributed by atoms with van der Waals surface area (Å²) in [4.78, 5) is 28.1. The molecule has 156 valence electrons. The molecule has 0 aliphatic carbocycles. The Bertz CT molecular complexity index is 1110. The van der Waals surface area contributed by atoms with Crippen LogP contribution in [0.3, 0.4) is 0 Å². The third-order valence-corrected chi connectivity index (χ3v) is 6.50. The van der Waals surface area contributed by atoms with E-state index in [9.17, 15) is 18.0 Å². The summed E-state index contributed by atoms with van der Waals surface area (Å²) in [6, 6.07) is 15.8. The van der Waals surface area contributed by atoms with Crippen molar-refractivity contribution < 1.29 is 22.7 Å². The molecule has 1 fully saturated rings. The van der Waals surface area contributed by atoms with Crippen molar-refractivity contribution in [1.82, 2.24) is 4.90 Å². The van der Waals surface area contributed by atoms with Gasteiger partial charge in [0.05, 0.1) is 12.5 Å². The number of fused-ring (bicyclic) bond motifs is 1. The Balaban J connectivity index is 1.33. The molecule has 2 aromatic carbocycles. The number of nitrogens with zero attached hydrogens (tertiary/aromatic N) is 3. The Labute approximate surface area is 174 Å². The highest BCUT2D eigenvalue weighted by Crippen LogP contribution is 2.27. The fourth-order valence-corrected chi connectivity index (χ4v) is 4.85. The molecule has 9 heteroatoms. The van der Waals surface area contributed by atoms with Gasteiger partial charge in [-0.3, -0.25) is 9.59 Å². The number of amides is 1. The molecule has 1 amide bonds. The molecule has 1 saturated heterocycles. The van der Waals surface area contributed by atoms with Gasteiger partial charge in [0.15, 0.2) is 5.84 Å². The van der Waals surface area contributed by atoms with E-state index in [1.54, 1.807) is 35.0 Å². The van der Waals surface area contributed by atoms with Crippen LogP contribution in [0.25, 0.3) is 0 Å². The minimum Gasteiger partial charge on any atom is -0.464 e. The fourth-order valence-electron chi connectivity index (χ4n) is 3.59. The lowest BCUT2D eigenvalue weighted by Crippen LogP contribution is -2.32. The van der Waals surface area contributed by atoms with E-state index >= 15 is 0 Å². The SMILES string of the molecule is CN(CCOC(=O)[C@@H]1CC(=O)N(c2ccccc2)C1)C1=NS(=O)(=O)c2ccccc21. The summed E-state index contributed by atoms with van der Waals surface area (Å²) in [5, 5.41) is 0. The van der Waals surface area contributed by atoms with E-state index < -0.39 is 21.9 Å². The average Bonchev–Trinajstić information content (AvgIpc) is 3.26. The summed E-state index contributed by atoms with van der Waals surface area (Å²) in [6.45, 7) is 0.625. The van der Waals surface area contributed by atoms with Crippen LogP contribution in [0.2, 0.25) is 0 Å². The summed E-state index contributed by atoms with van der Waals surface area (Å²) < 4.78 is 33.5. The van der Waals surface area contributed by atoms with Crippen molar-refractivity contribution in [2.45, 2.75) is 11.3 Å². The molecule has 1 atom stereocenters. The summed E-state index contributed by atoms with van der Waals surface area (Å²) >= 11 is 0. The summed E-state index contributed by atoms with van der Waals surface area (Å²) in [6.07, 6.45) is 0.113. The van der Waals surface area contributed by atoms with Crippen LogP contribution >= 0.6 is 0 Å². The molecular formula is C21H21N3O5S. The van der Waals surface area contributed by atoms with Crippen molar-refractivity contribution in [2.75, 3.05) is 31.6 Å². The van der Waals surface area contributed by atoms with Crippen LogP contribution in [0.4, 0.5) is 5.69 Å². The van der Waals surface area contributed by atoms with E-state index in [1.165, 1.54) is 6.07 Å². The van der Waals surface area contributed by atoms with E-state index in [-0.39, 0.29) is 36.9 Å². The van der Waals surface area contributed by atoms with Gasteiger partial charge in [0, 0.05) is 31.3 Å². The van der Waals surface area contributed by atoms with E-state index in [0.29, 0.717) is 11.4 Å². The third-order valence-electron chi connectivity index (χ3n) is 5.17. The van der Waals surface area contributed by atoms with Crippen molar-refractivity contribution in [3.8, 4) is 0 Å². The van der Waals surface area contributed by atoms with Crippen molar-refractivity contribution in [2.24, 2.45) is 10.3 Å². The van der Waals surface area contributed by atoms with E-state index in [4.69, 9.17) is 4.74 Å². The number of hydrogen-bond donors (Lipinski definition) is 0. The molecule has 4 rings (SSSR count). The molecule has 2 aliphatic rings. The number of sulfonamides is 1. The highest BCUT2D eigenvalue weighted by Gasteiger charge is 2.36. The molecule has 2 aromatic rings. The Kier molecular flexibility index (Phi) is 5.29. The molecule has 2 heterocycles. The number of carbonyl (C=O) groups is 2. The van der Waals surface area contributed by atoms with Gasteiger partial charge in [-0.1, -0.05) is 30.3 Å². The van der Waals surface area contributed by atoms with Gasteiger partial charge >= 0.3 is 5.97 Å². The fraction of sp³-hybridized carbons (Fsp3) is 0.286. The maximum absolute atomic E-state index is 12.4. The average molecular weight is 427 g/mol. The minimum atomic E-state index is -3.70. The number of esters is 1. The highest BCUT2D eigenvalue weighted by atomic mass is 32.2. The van der Waals surface area contributed by atoms with E-state index in [0.717, 1.165) is 5.69 Å². The number of hydrogen-bond acceptors (Lipinski definition) is 6. The number of rotatable bonds is 5. The number of amidine groups is 1. The normalized spacial score (nSPS) is 19.4. The molecule has 0 radical (unpaired) electrons. The van der Waals surface area contributed by atoms with Crippen molar-refractivity contribution in [3.05, 3.63) is 60.2 Å². The molecule has 30 heavy (non-hydrogen) atoms. The maximum Gasteiger partial charge on any atom is 0.311 e. The number of para-hydroxylation sites is 1. The minimum absolute atomic E-state index is 0.0621. The molecule has 0 unspecified atom stereocenters. The third kappa shape index (κ3) is 3.80. The first kappa shape index (κ1) is 20.1. The first-order valence-corrected chi connectivity index (χ1v) is 11.0. The largest absolute Gasteiger partial charge is 0.464 e. The van der Waals surface area contributed by atoms with Crippen LogP contribution in [-0.2, 0) is 24.3 Å². The predicted octanol–water partition coefficient (Wildman–Crippen LogP) is 1.66. The Morgan fingerprint density at radius 2 is 1.87 bits per heavy atom. The van der Waals surface area contributed by atoms with Gasteiger partial charge in [-0.05, 0) is 24.3 Å². The summed E-state index contributed by atoms with van der Waals surface area (Å²) in [5.41, 5.74) is 1.29. The van der Waals surface area contributed by atoms with Crippen molar-refractivity contribution in [1.29, 1.82) is 0 Å². The Morgan fingerprint density at radius 1 is 1.17 bits per heavy atom. The first-order valence-electron chi connectivity index (χ1n) is 9.54. The van der Waals surface area contributed by atoms with E-state index in [2.05, 4.69) is 4.40 Å². The number of carbonyl (C=O) groups excluding carboxylic acids is 2. The second-order valence-corrected chi connectivity index (χ2v) is 8.79. The molecule has 0 saturated carbocycles.